The molecule has 0 radical (unpaired) electrons. The second kappa shape index (κ2) is 10.8. The molecule has 0 saturated carbocycles. The summed E-state index contributed by atoms with van der Waals surface area (Å²) in [6.07, 6.45) is 3.79. The van der Waals surface area contributed by atoms with Gasteiger partial charge >= 0.3 is 6.09 Å². The summed E-state index contributed by atoms with van der Waals surface area (Å²) in [5.74, 6) is 1.17. The fourth-order valence-electron chi connectivity index (χ4n) is 4.32. The number of imidazole rings is 1. The fraction of sp³-hybridized carbons (Fsp3) is 0.385. The number of hydrogen-bond donors (Lipinski definition) is 1. The number of amides is 2. The van der Waals surface area contributed by atoms with E-state index >= 15 is 0 Å². The average Bonchev–Trinajstić information content (AvgIpc) is 3.43. The van der Waals surface area contributed by atoms with E-state index in [9.17, 15) is 14.9 Å². The molecule has 1 unspecified atom stereocenters. The number of carbonyl (C=O) groups excluding carboxylic acids is 2. The lowest BCUT2D eigenvalue weighted by Crippen LogP contribution is -2.36. The maximum atomic E-state index is 12.9. The minimum absolute atomic E-state index is 0.0658. The van der Waals surface area contributed by atoms with Gasteiger partial charge in [-0.15, -0.1) is 11.3 Å². The van der Waals surface area contributed by atoms with Crippen molar-refractivity contribution in [3.8, 4) is 11.8 Å². The van der Waals surface area contributed by atoms with E-state index in [1.807, 2.05) is 39.1 Å². The van der Waals surface area contributed by atoms with Crippen molar-refractivity contribution in [2.75, 3.05) is 19.0 Å². The number of methoxy groups -OCH3 is 1. The zero-order chi connectivity index (χ0) is 25.8. The Hall–Kier alpha value is -3.84. The lowest BCUT2D eigenvalue weighted by Gasteiger charge is -2.26. The number of fused-ring (bicyclic) bond motifs is 1. The van der Waals surface area contributed by atoms with Gasteiger partial charge in [-0.05, 0) is 36.5 Å². The van der Waals surface area contributed by atoms with Gasteiger partial charge in [-0.2, -0.15) is 5.26 Å². The molecule has 2 amide bonds. The molecular weight excluding hydrogens is 478 g/mol. The van der Waals surface area contributed by atoms with Gasteiger partial charge in [0.15, 0.2) is 6.61 Å². The lowest BCUT2D eigenvalue weighted by molar-refractivity contribution is -0.116. The van der Waals surface area contributed by atoms with Crippen LogP contribution in [-0.2, 0) is 36.2 Å². The molecule has 0 saturated heterocycles. The number of aryl methyl sites for hydroxylation is 2. The maximum absolute atomic E-state index is 12.9. The van der Waals surface area contributed by atoms with Crippen LogP contribution in [0.5, 0.6) is 5.75 Å². The van der Waals surface area contributed by atoms with E-state index in [-0.39, 0.29) is 24.9 Å². The molecule has 188 valence electrons. The van der Waals surface area contributed by atoms with Crippen molar-refractivity contribution in [1.29, 1.82) is 5.26 Å². The van der Waals surface area contributed by atoms with Gasteiger partial charge in [0.2, 0.25) is 5.91 Å². The number of nitriles is 1. The van der Waals surface area contributed by atoms with E-state index in [4.69, 9.17) is 9.47 Å². The van der Waals surface area contributed by atoms with Gasteiger partial charge in [-0.1, -0.05) is 24.6 Å². The molecule has 2 aromatic heterocycles. The van der Waals surface area contributed by atoms with Crippen LogP contribution in [0, 0.1) is 18.3 Å². The van der Waals surface area contributed by atoms with Crippen LogP contribution in [-0.4, -0.2) is 40.1 Å². The summed E-state index contributed by atoms with van der Waals surface area (Å²) in [6.45, 7) is 4.85. The number of carbonyl (C=O) groups is 2. The Labute approximate surface area is 214 Å². The Balaban J connectivity index is 1.41. The van der Waals surface area contributed by atoms with Crippen molar-refractivity contribution in [3.05, 3.63) is 63.5 Å². The zero-order valence-electron chi connectivity index (χ0n) is 20.8. The van der Waals surface area contributed by atoms with Gasteiger partial charge in [-0.25, -0.2) is 9.78 Å². The van der Waals surface area contributed by atoms with E-state index in [1.165, 1.54) is 11.3 Å². The van der Waals surface area contributed by atoms with Crippen molar-refractivity contribution < 1.29 is 19.1 Å². The highest BCUT2D eigenvalue weighted by molar-refractivity contribution is 7.16. The topological polar surface area (TPSA) is 109 Å². The maximum Gasteiger partial charge on any atom is 0.410 e. The van der Waals surface area contributed by atoms with E-state index < -0.39 is 6.09 Å². The number of thiophene rings is 1. The molecule has 3 heterocycles. The Morgan fingerprint density at radius 2 is 2.17 bits per heavy atom. The second-order valence-electron chi connectivity index (χ2n) is 8.90. The lowest BCUT2D eigenvalue weighted by atomic mass is 9.95. The van der Waals surface area contributed by atoms with Gasteiger partial charge in [0.25, 0.3) is 0 Å². The van der Waals surface area contributed by atoms with Crippen LogP contribution in [0.3, 0.4) is 0 Å². The summed E-state index contributed by atoms with van der Waals surface area (Å²) in [4.78, 5) is 32.2. The van der Waals surface area contributed by atoms with Gasteiger partial charge in [0.05, 0.1) is 19.2 Å². The second-order valence-corrected chi connectivity index (χ2v) is 10.0. The number of benzene rings is 1. The first-order valence-electron chi connectivity index (χ1n) is 11.7. The summed E-state index contributed by atoms with van der Waals surface area (Å²) in [5.41, 5.74) is 3.43. The van der Waals surface area contributed by atoms with E-state index in [1.54, 1.807) is 29.0 Å². The van der Waals surface area contributed by atoms with Crippen LogP contribution < -0.4 is 10.1 Å². The summed E-state index contributed by atoms with van der Waals surface area (Å²) < 4.78 is 12.7. The number of ether oxygens (including phenoxy) is 2. The third-order valence-electron chi connectivity index (χ3n) is 6.33. The van der Waals surface area contributed by atoms with Crippen LogP contribution in [0.25, 0.3) is 0 Å². The van der Waals surface area contributed by atoms with Gasteiger partial charge in [0.1, 0.15) is 22.6 Å². The van der Waals surface area contributed by atoms with Gasteiger partial charge < -0.3 is 24.3 Å². The SMILES string of the molecule is COc1ccc(C)cc1C(C)CC(=O)Nc1sc2c(c1C#N)CCN(C(=O)OCc1nccn1C)C2. The third kappa shape index (κ3) is 5.36. The molecule has 1 aliphatic rings. The first kappa shape index (κ1) is 25.3. The molecule has 0 spiro atoms. The van der Waals surface area contributed by atoms with Crippen LogP contribution in [0.2, 0.25) is 0 Å². The molecule has 1 atom stereocenters. The zero-order valence-corrected chi connectivity index (χ0v) is 21.6. The predicted molar refractivity (Wildman–Crippen MR) is 136 cm³/mol. The molecule has 1 N–H and O–H groups in total. The number of nitrogens with zero attached hydrogens (tertiary/aromatic N) is 4. The average molecular weight is 508 g/mol. The number of nitrogens with one attached hydrogen (secondary N) is 1. The number of hydrogen-bond acceptors (Lipinski definition) is 7. The summed E-state index contributed by atoms with van der Waals surface area (Å²) in [7, 11) is 3.46. The predicted octanol–water partition coefficient (Wildman–Crippen LogP) is 4.50. The molecule has 0 fully saturated rings. The largest absolute Gasteiger partial charge is 0.496 e. The molecule has 0 aliphatic carbocycles. The quantitative estimate of drug-likeness (QED) is 0.504. The smallest absolute Gasteiger partial charge is 0.410 e. The molecular formula is C26H29N5O4S. The first-order valence-corrected chi connectivity index (χ1v) is 12.5. The summed E-state index contributed by atoms with van der Waals surface area (Å²) in [5, 5.41) is 13.3. The van der Waals surface area contributed by atoms with Crippen LogP contribution in [0.1, 0.15) is 52.2 Å². The fourth-order valence-corrected chi connectivity index (χ4v) is 5.55. The normalized spacial score (nSPS) is 13.5. The van der Waals surface area contributed by atoms with E-state index in [2.05, 4.69) is 16.4 Å². The van der Waals surface area contributed by atoms with Crippen LogP contribution >= 0.6 is 11.3 Å². The van der Waals surface area contributed by atoms with Crippen molar-refractivity contribution in [2.24, 2.45) is 7.05 Å². The van der Waals surface area contributed by atoms with Crippen molar-refractivity contribution >= 4 is 28.3 Å². The Morgan fingerprint density at radius 3 is 2.86 bits per heavy atom. The molecule has 0 bridgehead atoms. The van der Waals surface area contributed by atoms with Crippen LogP contribution in [0.4, 0.5) is 9.80 Å². The van der Waals surface area contributed by atoms with E-state index in [0.29, 0.717) is 35.9 Å². The molecule has 1 aliphatic heterocycles. The number of rotatable bonds is 7. The first-order chi connectivity index (χ1) is 17.3. The standard InChI is InChI=1S/C26H29N5O4S/c1-16-5-6-21(34-4)19(11-16)17(2)12-24(32)29-25-20(13-27)18-7-9-31(14-22(18)36-25)26(33)35-15-23-28-8-10-30(23)3/h5-6,8,10-11,17H,7,9,12,14-15H2,1-4H3,(H,29,32). The molecule has 1 aromatic carbocycles. The summed E-state index contributed by atoms with van der Waals surface area (Å²) in [6, 6.07) is 8.16. The highest BCUT2D eigenvalue weighted by Gasteiger charge is 2.29. The minimum Gasteiger partial charge on any atom is -0.496 e. The van der Waals surface area contributed by atoms with Crippen molar-refractivity contribution in [1.82, 2.24) is 14.5 Å². The Kier molecular flexibility index (Phi) is 7.60. The number of aromatic nitrogens is 2. The Morgan fingerprint density at radius 1 is 1.36 bits per heavy atom. The summed E-state index contributed by atoms with van der Waals surface area (Å²) >= 11 is 1.34. The Bertz CT molecular complexity index is 1320. The third-order valence-corrected chi connectivity index (χ3v) is 7.47. The molecule has 36 heavy (non-hydrogen) atoms. The van der Waals surface area contributed by atoms with Crippen molar-refractivity contribution in [2.45, 2.75) is 45.8 Å². The van der Waals surface area contributed by atoms with Crippen LogP contribution in [0.15, 0.2) is 30.6 Å². The highest BCUT2D eigenvalue weighted by Crippen LogP contribution is 2.37. The van der Waals surface area contributed by atoms with Crippen molar-refractivity contribution in [3.63, 3.8) is 0 Å². The monoisotopic (exact) mass is 507 g/mol. The highest BCUT2D eigenvalue weighted by atomic mass is 32.1. The van der Waals surface area contributed by atoms with Gasteiger partial charge in [0, 0.05) is 37.3 Å². The molecule has 9 nitrogen and oxygen atoms in total. The van der Waals surface area contributed by atoms with E-state index in [0.717, 1.165) is 27.3 Å². The van der Waals surface area contributed by atoms with Gasteiger partial charge in [-0.3, -0.25) is 4.79 Å². The molecule has 4 rings (SSSR count). The molecule has 3 aromatic rings. The molecule has 10 heteroatoms. The number of anilines is 1. The minimum atomic E-state index is -0.429.